The van der Waals surface area contributed by atoms with Crippen molar-refractivity contribution in [3.05, 3.63) is 77.8 Å². The molecule has 1 aliphatic heterocycles. The molecule has 1 aliphatic rings. The molecule has 0 aromatic heterocycles. The van der Waals surface area contributed by atoms with Gasteiger partial charge >= 0.3 is 0 Å². The van der Waals surface area contributed by atoms with Crippen molar-refractivity contribution in [2.24, 2.45) is 5.73 Å². The lowest BCUT2D eigenvalue weighted by Gasteiger charge is -2.17. The molecule has 2 aromatic rings. The predicted octanol–water partition coefficient (Wildman–Crippen LogP) is 2.80. The quantitative estimate of drug-likeness (QED) is 0.755. The third-order valence-electron chi connectivity index (χ3n) is 4.13. The van der Waals surface area contributed by atoms with Gasteiger partial charge < -0.3 is 21.1 Å². The summed E-state index contributed by atoms with van der Waals surface area (Å²) >= 11 is 0. The van der Waals surface area contributed by atoms with E-state index in [0.29, 0.717) is 24.6 Å². The molecule has 1 heterocycles. The van der Waals surface area contributed by atoms with Crippen molar-refractivity contribution in [2.45, 2.75) is 12.3 Å². The number of carbonyl (C=O) groups excluding carboxylic acids is 1. The first kappa shape index (κ1) is 20.5. The molecular weight excluding hydrogens is 345 g/mol. The van der Waals surface area contributed by atoms with Crippen LogP contribution >= 0.6 is 0 Å². The molecule has 2 aromatic carbocycles. The molecule has 1 amide bonds. The number of benzene rings is 2. The standard InChI is InChI=1S/C11H12FN.C10H14N2O2/c12-11-3-1-9(2-4-11)10-5-7-13-8-6-10;1-14-9-4-2-8(3-5-9)10(13)12-7-6-11/h1-5,7,10,13H,6,8H2;2-5H,6-7,11H2,1H3,(H,12,13). The zero-order chi connectivity index (χ0) is 19.5. The Morgan fingerprint density at radius 3 is 2.48 bits per heavy atom. The van der Waals surface area contributed by atoms with E-state index in [2.05, 4.69) is 16.7 Å². The van der Waals surface area contributed by atoms with Gasteiger partial charge in [-0.05, 0) is 54.6 Å². The van der Waals surface area contributed by atoms with Crippen LogP contribution in [-0.4, -0.2) is 32.7 Å². The van der Waals surface area contributed by atoms with E-state index in [-0.39, 0.29) is 11.7 Å². The van der Waals surface area contributed by atoms with Crippen molar-refractivity contribution >= 4 is 5.91 Å². The third-order valence-corrected chi connectivity index (χ3v) is 4.13. The van der Waals surface area contributed by atoms with Crippen molar-refractivity contribution in [3.63, 3.8) is 0 Å². The molecule has 0 saturated heterocycles. The first-order chi connectivity index (χ1) is 13.1. The summed E-state index contributed by atoms with van der Waals surface area (Å²) in [4.78, 5) is 11.4. The second kappa shape index (κ2) is 11.0. The van der Waals surface area contributed by atoms with E-state index in [4.69, 9.17) is 10.5 Å². The van der Waals surface area contributed by atoms with Gasteiger partial charge in [0.25, 0.3) is 5.91 Å². The van der Waals surface area contributed by atoms with Gasteiger partial charge in [0.15, 0.2) is 0 Å². The van der Waals surface area contributed by atoms with Crippen LogP contribution in [0.1, 0.15) is 28.3 Å². The molecule has 0 fully saturated rings. The fourth-order valence-corrected chi connectivity index (χ4v) is 2.62. The Morgan fingerprint density at radius 1 is 1.22 bits per heavy atom. The van der Waals surface area contributed by atoms with Gasteiger partial charge in [-0.15, -0.1) is 0 Å². The number of nitrogens with two attached hydrogens (primary N) is 1. The molecular formula is C21H26FN3O2. The fourth-order valence-electron chi connectivity index (χ4n) is 2.62. The molecule has 0 saturated carbocycles. The number of ether oxygens (including phenoxy) is 1. The van der Waals surface area contributed by atoms with Crippen LogP contribution in [-0.2, 0) is 0 Å². The zero-order valence-electron chi connectivity index (χ0n) is 15.5. The highest BCUT2D eigenvalue weighted by Crippen LogP contribution is 2.22. The molecule has 27 heavy (non-hydrogen) atoms. The first-order valence-electron chi connectivity index (χ1n) is 8.92. The summed E-state index contributed by atoms with van der Waals surface area (Å²) in [7, 11) is 1.59. The summed E-state index contributed by atoms with van der Waals surface area (Å²) in [6.07, 6.45) is 5.18. The van der Waals surface area contributed by atoms with Crippen LogP contribution in [0.2, 0.25) is 0 Å². The predicted molar refractivity (Wildman–Crippen MR) is 105 cm³/mol. The second-order valence-corrected chi connectivity index (χ2v) is 6.03. The number of amides is 1. The minimum atomic E-state index is -0.165. The summed E-state index contributed by atoms with van der Waals surface area (Å²) < 4.78 is 17.6. The van der Waals surface area contributed by atoms with Crippen LogP contribution in [0.5, 0.6) is 5.75 Å². The minimum absolute atomic E-state index is 0.113. The molecule has 144 valence electrons. The molecule has 1 unspecified atom stereocenters. The van der Waals surface area contributed by atoms with E-state index in [1.165, 1.54) is 17.7 Å². The van der Waals surface area contributed by atoms with E-state index in [9.17, 15) is 9.18 Å². The van der Waals surface area contributed by atoms with Gasteiger partial charge in [0.05, 0.1) is 7.11 Å². The average molecular weight is 371 g/mol. The molecule has 4 N–H and O–H groups in total. The van der Waals surface area contributed by atoms with E-state index >= 15 is 0 Å². The summed E-state index contributed by atoms with van der Waals surface area (Å²) in [5.41, 5.74) is 7.07. The Bertz CT molecular complexity index is 730. The van der Waals surface area contributed by atoms with Crippen molar-refractivity contribution in [3.8, 4) is 5.75 Å². The number of nitrogens with one attached hydrogen (secondary N) is 2. The molecule has 0 bridgehead atoms. The van der Waals surface area contributed by atoms with E-state index in [1.54, 1.807) is 31.4 Å². The molecule has 6 heteroatoms. The molecule has 0 spiro atoms. The maximum absolute atomic E-state index is 12.6. The SMILES string of the molecule is COc1ccc(C(=O)NCCN)cc1.Fc1ccc(C2C=CNCC2)cc1. The van der Waals surface area contributed by atoms with Crippen LogP contribution in [0.3, 0.4) is 0 Å². The summed E-state index contributed by atoms with van der Waals surface area (Å²) in [5, 5.41) is 5.82. The van der Waals surface area contributed by atoms with Crippen LogP contribution in [0, 0.1) is 5.82 Å². The van der Waals surface area contributed by atoms with Gasteiger partial charge in [-0.3, -0.25) is 4.79 Å². The topological polar surface area (TPSA) is 76.4 Å². The smallest absolute Gasteiger partial charge is 0.251 e. The lowest BCUT2D eigenvalue weighted by atomic mass is 9.94. The largest absolute Gasteiger partial charge is 0.497 e. The Labute approximate surface area is 159 Å². The van der Waals surface area contributed by atoms with Crippen LogP contribution in [0.15, 0.2) is 60.8 Å². The average Bonchev–Trinajstić information content (AvgIpc) is 2.73. The van der Waals surface area contributed by atoms with Crippen LogP contribution < -0.4 is 21.1 Å². The summed E-state index contributed by atoms with van der Waals surface area (Å²) in [6, 6.07) is 13.7. The van der Waals surface area contributed by atoms with Gasteiger partial charge in [0, 0.05) is 31.1 Å². The molecule has 5 nitrogen and oxygen atoms in total. The maximum Gasteiger partial charge on any atom is 0.251 e. The zero-order valence-corrected chi connectivity index (χ0v) is 15.5. The number of methoxy groups -OCH3 is 1. The summed E-state index contributed by atoms with van der Waals surface area (Å²) in [6.45, 7) is 1.94. The minimum Gasteiger partial charge on any atom is -0.497 e. The Balaban J connectivity index is 0.000000194. The highest BCUT2D eigenvalue weighted by atomic mass is 19.1. The first-order valence-corrected chi connectivity index (χ1v) is 8.92. The molecule has 3 rings (SSSR count). The monoisotopic (exact) mass is 371 g/mol. The third kappa shape index (κ3) is 6.75. The normalized spacial score (nSPS) is 15.1. The Hall–Kier alpha value is -2.86. The van der Waals surface area contributed by atoms with E-state index < -0.39 is 0 Å². The van der Waals surface area contributed by atoms with E-state index in [0.717, 1.165) is 18.7 Å². The highest BCUT2D eigenvalue weighted by molar-refractivity contribution is 5.94. The Morgan fingerprint density at radius 2 is 1.93 bits per heavy atom. The van der Waals surface area contributed by atoms with Gasteiger partial charge in [-0.2, -0.15) is 0 Å². The van der Waals surface area contributed by atoms with Crippen molar-refractivity contribution in [2.75, 3.05) is 26.7 Å². The lowest BCUT2D eigenvalue weighted by Crippen LogP contribution is -2.28. The highest BCUT2D eigenvalue weighted by Gasteiger charge is 2.09. The van der Waals surface area contributed by atoms with Gasteiger partial charge in [-0.25, -0.2) is 4.39 Å². The maximum atomic E-state index is 12.6. The number of hydrogen-bond acceptors (Lipinski definition) is 4. The van der Waals surface area contributed by atoms with Gasteiger partial charge in [0.2, 0.25) is 0 Å². The number of halogens is 1. The number of hydrogen-bond donors (Lipinski definition) is 3. The second-order valence-electron chi connectivity index (χ2n) is 6.03. The van der Waals surface area contributed by atoms with Crippen LogP contribution in [0.25, 0.3) is 0 Å². The van der Waals surface area contributed by atoms with Gasteiger partial charge in [-0.1, -0.05) is 18.2 Å². The van der Waals surface area contributed by atoms with Crippen molar-refractivity contribution in [1.29, 1.82) is 0 Å². The Kier molecular flexibility index (Phi) is 8.32. The van der Waals surface area contributed by atoms with Crippen molar-refractivity contribution < 1.29 is 13.9 Å². The molecule has 0 radical (unpaired) electrons. The van der Waals surface area contributed by atoms with E-state index in [1.807, 2.05) is 18.3 Å². The van der Waals surface area contributed by atoms with Gasteiger partial charge in [0.1, 0.15) is 11.6 Å². The summed E-state index contributed by atoms with van der Waals surface area (Å²) in [5.74, 6) is 0.905. The fraction of sp³-hybridized carbons (Fsp3) is 0.286. The van der Waals surface area contributed by atoms with Crippen molar-refractivity contribution in [1.82, 2.24) is 10.6 Å². The molecule has 0 aliphatic carbocycles. The number of allylic oxidation sites excluding steroid dienone is 1. The lowest BCUT2D eigenvalue weighted by molar-refractivity contribution is 0.0954. The van der Waals surface area contributed by atoms with Crippen LogP contribution in [0.4, 0.5) is 4.39 Å². The number of carbonyl (C=O) groups is 1. The molecule has 1 atom stereocenters. The number of rotatable bonds is 5.